The van der Waals surface area contributed by atoms with Crippen LogP contribution in [0.1, 0.15) is 44.7 Å². The van der Waals surface area contributed by atoms with Crippen LogP contribution in [0.5, 0.6) is 5.75 Å². The Hall–Kier alpha value is -4.34. The van der Waals surface area contributed by atoms with Gasteiger partial charge in [-0.2, -0.15) is 0 Å². The van der Waals surface area contributed by atoms with Crippen molar-refractivity contribution in [3.05, 3.63) is 113 Å². The molecule has 4 aromatic carbocycles. The summed E-state index contributed by atoms with van der Waals surface area (Å²) < 4.78 is 53.3. The van der Waals surface area contributed by atoms with Gasteiger partial charge in [0.2, 0.25) is 9.84 Å². The number of rotatable bonds is 7. The van der Waals surface area contributed by atoms with Crippen LogP contribution >= 0.6 is 0 Å². The molecule has 1 N–H and O–H groups in total. The molecular weight excluding hydrogens is 545 g/mol. The first kappa shape index (κ1) is 26.9. The van der Waals surface area contributed by atoms with Crippen molar-refractivity contribution in [1.29, 1.82) is 0 Å². The molecule has 208 valence electrons. The van der Waals surface area contributed by atoms with Crippen LogP contribution in [0.2, 0.25) is 0 Å². The highest BCUT2D eigenvalue weighted by atomic mass is 32.2. The van der Waals surface area contributed by atoms with Crippen LogP contribution in [0, 0.1) is 5.82 Å². The number of hydrogen-bond donors (Lipinski definition) is 1. The first-order valence-corrected chi connectivity index (χ1v) is 14.7. The zero-order valence-electron chi connectivity index (χ0n) is 21.9. The molecule has 0 aliphatic carbocycles. The summed E-state index contributed by atoms with van der Waals surface area (Å²) in [4.78, 5) is 26.3. The Kier molecular flexibility index (Phi) is 7.15. The molecule has 0 saturated carbocycles. The summed E-state index contributed by atoms with van der Waals surface area (Å²) in [7, 11) is -4.17. The van der Waals surface area contributed by atoms with Crippen LogP contribution in [0.15, 0.2) is 94.7 Å². The maximum Gasteiger partial charge on any atom is 0.252 e. The molecule has 2 heterocycles. The number of carbonyl (C=O) groups is 2. The molecule has 9 heteroatoms. The third kappa shape index (κ3) is 5.14. The summed E-state index contributed by atoms with van der Waals surface area (Å²) in [6.45, 7) is 1.09. The van der Waals surface area contributed by atoms with Gasteiger partial charge >= 0.3 is 0 Å². The Labute approximate surface area is 236 Å². The average Bonchev–Trinajstić information content (AvgIpc) is 3.52. The van der Waals surface area contributed by atoms with E-state index in [1.807, 2.05) is 30.3 Å². The highest BCUT2D eigenvalue weighted by molar-refractivity contribution is 7.91. The summed E-state index contributed by atoms with van der Waals surface area (Å²) in [5.74, 6) is -1.36. The van der Waals surface area contributed by atoms with E-state index in [4.69, 9.17) is 9.47 Å². The zero-order chi connectivity index (χ0) is 28.6. The highest BCUT2D eigenvalue weighted by Gasteiger charge is 2.38. The fourth-order valence-corrected chi connectivity index (χ4v) is 6.93. The molecule has 1 atom stereocenters. The van der Waals surface area contributed by atoms with E-state index in [-0.39, 0.29) is 51.5 Å². The third-order valence-corrected chi connectivity index (χ3v) is 9.15. The molecule has 1 saturated heterocycles. The molecule has 0 spiro atoms. The van der Waals surface area contributed by atoms with Crippen molar-refractivity contribution in [2.45, 2.75) is 35.3 Å². The lowest BCUT2D eigenvalue weighted by molar-refractivity contribution is 0.0853. The summed E-state index contributed by atoms with van der Waals surface area (Å²) >= 11 is 0. The largest absolute Gasteiger partial charge is 0.488 e. The molecule has 0 aromatic heterocycles. The maximum absolute atomic E-state index is 14.2. The first-order valence-electron chi connectivity index (χ1n) is 13.3. The standard InChI is InChI=1S/C32H26FNO6S/c33-22-12-14-24(27(17-22)40-19-20-6-2-1-3-7-20)21-11-13-25-29(16-21)41(37,38)28-10-4-9-26(30(28)31(25)35)32(36)34-18-23-8-5-15-39-23/h1-4,6-7,9-14,16-17,23H,5,8,15,18-19H2,(H,34,36)/t23-/m1/s1. The van der Waals surface area contributed by atoms with E-state index in [0.29, 0.717) is 17.7 Å². The smallest absolute Gasteiger partial charge is 0.252 e. The van der Waals surface area contributed by atoms with Crippen LogP contribution < -0.4 is 10.1 Å². The summed E-state index contributed by atoms with van der Waals surface area (Å²) in [5.41, 5.74) is 1.62. The number of sulfone groups is 1. The summed E-state index contributed by atoms with van der Waals surface area (Å²) in [6, 6.07) is 22.1. The Balaban J connectivity index is 1.35. The minimum atomic E-state index is -4.17. The van der Waals surface area contributed by atoms with Gasteiger partial charge in [-0.05, 0) is 60.4 Å². The SMILES string of the molecule is O=C(NC[C@H]1CCCO1)c1cccc2c1C(=O)c1ccc(-c3ccc(F)cc3OCc3ccccc3)cc1S2(=O)=O. The quantitative estimate of drug-likeness (QED) is 0.283. The van der Waals surface area contributed by atoms with Gasteiger partial charge in [-0.1, -0.05) is 42.5 Å². The molecule has 2 aliphatic heterocycles. The number of halogens is 1. The third-order valence-electron chi connectivity index (χ3n) is 7.31. The summed E-state index contributed by atoms with van der Waals surface area (Å²) in [5, 5.41) is 2.77. The molecule has 6 rings (SSSR count). The van der Waals surface area contributed by atoms with Gasteiger partial charge < -0.3 is 14.8 Å². The van der Waals surface area contributed by atoms with Crippen molar-refractivity contribution in [3.63, 3.8) is 0 Å². The predicted molar refractivity (Wildman–Crippen MR) is 149 cm³/mol. The fourth-order valence-electron chi connectivity index (χ4n) is 5.23. The van der Waals surface area contributed by atoms with Gasteiger partial charge in [-0.25, -0.2) is 12.8 Å². The van der Waals surface area contributed by atoms with E-state index in [9.17, 15) is 22.4 Å². The number of ether oxygens (including phenoxy) is 2. The Morgan fingerprint density at radius 2 is 1.76 bits per heavy atom. The second kappa shape index (κ2) is 10.9. The van der Waals surface area contributed by atoms with Crippen LogP contribution in [0.3, 0.4) is 0 Å². The molecule has 41 heavy (non-hydrogen) atoms. The minimum absolute atomic E-state index is 0.000990. The lowest BCUT2D eigenvalue weighted by Gasteiger charge is -2.22. The predicted octanol–water partition coefficient (Wildman–Crippen LogP) is 5.36. The van der Waals surface area contributed by atoms with E-state index in [2.05, 4.69) is 5.32 Å². The van der Waals surface area contributed by atoms with Crippen molar-refractivity contribution in [2.75, 3.05) is 13.2 Å². The van der Waals surface area contributed by atoms with Crippen LogP contribution in [0.4, 0.5) is 4.39 Å². The second-order valence-electron chi connectivity index (χ2n) is 9.98. The molecule has 4 aromatic rings. The van der Waals surface area contributed by atoms with Gasteiger partial charge in [-0.3, -0.25) is 9.59 Å². The minimum Gasteiger partial charge on any atom is -0.488 e. The number of fused-ring (bicyclic) bond motifs is 2. The van der Waals surface area contributed by atoms with Gasteiger partial charge in [-0.15, -0.1) is 0 Å². The molecule has 0 unspecified atom stereocenters. The number of amides is 1. The Morgan fingerprint density at radius 1 is 0.951 bits per heavy atom. The monoisotopic (exact) mass is 571 g/mol. The molecule has 1 fully saturated rings. The molecule has 1 amide bonds. The molecule has 0 bridgehead atoms. The van der Waals surface area contributed by atoms with E-state index in [0.717, 1.165) is 18.4 Å². The molecule has 2 aliphatic rings. The lowest BCUT2D eigenvalue weighted by atomic mass is 9.95. The van der Waals surface area contributed by atoms with E-state index < -0.39 is 27.3 Å². The second-order valence-corrected chi connectivity index (χ2v) is 11.9. The van der Waals surface area contributed by atoms with Crippen LogP contribution in [-0.4, -0.2) is 39.4 Å². The van der Waals surface area contributed by atoms with Gasteiger partial charge in [0.15, 0.2) is 5.78 Å². The van der Waals surface area contributed by atoms with Gasteiger partial charge in [0.1, 0.15) is 18.2 Å². The van der Waals surface area contributed by atoms with Crippen molar-refractivity contribution in [3.8, 4) is 16.9 Å². The Morgan fingerprint density at radius 3 is 2.54 bits per heavy atom. The van der Waals surface area contributed by atoms with E-state index in [1.165, 1.54) is 48.5 Å². The van der Waals surface area contributed by atoms with Crippen molar-refractivity contribution < 1.29 is 31.9 Å². The first-order chi connectivity index (χ1) is 19.8. The molecule has 7 nitrogen and oxygen atoms in total. The van der Waals surface area contributed by atoms with Gasteiger partial charge in [0.25, 0.3) is 5.91 Å². The average molecular weight is 572 g/mol. The van der Waals surface area contributed by atoms with E-state index in [1.54, 1.807) is 6.07 Å². The van der Waals surface area contributed by atoms with Crippen molar-refractivity contribution in [1.82, 2.24) is 5.32 Å². The Bertz CT molecular complexity index is 1760. The number of hydrogen-bond acceptors (Lipinski definition) is 6. The van der Waals surface area contributed by atoms with Crippen LogP contribution in [0.25, 0.3) is 11.1 Å². The van der Waals surface area contributed by atoms with Crippen molar-refractivity contribution in [2.24, 2.45) is 0 Å². The molecule has 0 radical (unpaired) electrons. The summed E-state index contributed by atoms with van der Waals surface area (Å²) in [6.07, 6.45) is 1.63. The number of nitrogens with one attached hydrogen (secondary N) is 1. The van der Waals surface area contributed by atoms with E-state index >= 15 is 0 Å². The van der Waals surface area contributed by atoms with Gasteiger partial charge in [0, 0.05) is 30.3 Å². The van der Waals surface area contributed by atoms with Crippen LogP contribution in [-0.2, 0) is 21.2 Å². The topological polar surface area (TPSA) is 98.8 Å². The number of ketones is 1. The normalized spacial score (nSPS) is 17.0. The van der Waals surface area contributed by atoms with Gasteiger partial charge in [0.05, 0.1) is 27.0 Å². The highest BCUT2D eigenvalue weighted by Crippen LogP contribution is 2.40. The fraction of sp³-hybridized carbons (Fsp3) is 0.188. The van der Waals surface area contributed by atoms with Crippen molar-refractivity contribution >= 4 is 21.5 Å². The zero-order valence-corrected chi connectivity index (χ0v) is 22.7. The molecular formula is C32H26FNO6S. The number of benzene rings is 4. The lowest BCUT2D eigenvalue weighted by Crippen LogP contribution is -2.33. The number of carbonyl (C=O) groups excluding carboxylic acids is 2. The maximum atomic E-state index is 14.2.